The quantitative estimate of drug-likeness (QED) is 0.420. The fourth-order valence-electron chi connectivity index (χ4n) is 4.28. The fraction of sp³-hybridized carbons (Fsp3) is 0.148. The zero-order valence-corrected chi connectivity index (χ0v) is 17.2. The molecule has 0 saturated carbocycles. The molecule has 0 N–H and O–H groups in total. The molecule has 0 fully saturated rings. The van der Waals surface area contributed by atoms with Crippen molar-refractivity contribution in [2.45, 2.75) is 19.3 Å². The van der Waals surface area contributed by atoms with Crippen molar-refractivity contribution in [1.82, 2.24) is 4.98 Å². The van der Waals surface area contributed by atoms with Gasteiger partial charge in [-0.05, 0) is 77.9 Å². The van der Waals surface area contributed by atoms with Crippen LogP contribution in [0, 0.1) is 11.3 Å². The average molecular weight is 404 g/mol. The zero-order chi connectivity index (χ0) is 21.4. The van der Waals surface area contributed by atoms with Crippen molar-refractivity contribution in [3.8, 4) is 23.1 Å². The van der Waals surface area contributed by atoms with Crippen LogP contribution in [0.5, 0.6) is 5.88 Å². The van der Waals surface area contributed by atoms with Crippen molar-refractivity contribution in [3.05, 3.63) is 94.5 Å². The third-order valence-corrected chi connectivity index (χ3v) is 5.89. The SMILES string of the molecule is COc1cc2c3cc(ccc3n1)C(=O)c1ccc(C#N)c(c1)CCCc1cccc-2c1. The van der Waals surface area contributed by atoms with Gasteiger partial charge in [0, 0.05) is 22.6 Å². The summed E-state index contributed by atoms with van der Waals surface area (Å²) in [6.07, 6.45) is 2.54. The van der Waals surface area contributed by atoms with Crippen LogP contribution >= 0.6 is 0 Å². The second kappa shape index (κ2) is 7.70. The largest absolute Gasteiger partial charge is 0.481 e. The number of nitrogens with zero attached hydrogens (tertiary/aromatic N) is 2. The van der Waals surface area contributed by atoms with E-state index in [1.807, 2.05) is 24.3 Å². The summed E-state index contributed by atoms with van der Waals surface area (Å²) in [6.45, 7) is 0. The summed E-state index contributed by atoms with van der Waals surface area (Å²) in [5, 5.41) is 10.4. The molecule has 4 heteroatoms. The number of carbonyl (C=O) groups excluding carboxylic acids is 1. The molecule has 0 saturated heterocycles. The molecule has 31 heavy (non-hydrogen) atoms. The first-order chi connectivity index (χ1) is 15.2. The number of aryl methyl sites for hydroxylation is 2. The molecule has 150 valence electrons. The number of methoxy groups -OCH3 is 1. The Kier molecular flexibility index (Phi) is 4.72. The highest BCUT2D eigenvalue weighted by atomic mass is 16.5. The van der Waals surface area contributed by atoms with Gasteiger partial charge >= 0.3 is 0 Å². The molecule has 0 amide bonds. The summed E-state index contributed by atoms with van der Waals surface area (Å²) in [5.41, 5.74) is 6.85. The maximum Gasteiger partial charge on any atom is 0.214 e. The maximum atomic E-state index is 13.3. The number of hydrogen-bond donors (Lipinski definition) is 0. The number of pyridine rings is 1. The first-order valence-electron chi connectivity index (χ1n) is 10.3. The Morgan fingerprint density at radius 3 is 2.61 bits per heavy atom. The molecule has 5 rings (SSSR count). The van der Waals surface area contributed by atoms with E-state index in [1.54, 1.807) is 25.3 Å². The fourth-order valence-corrected chi connectivity index (χ4v) is 4.28. The maximum absolute atomic E-state index is 13.3. The van der Waals surface area contributed by atoms with Crippen molar-refractivity contribution in [2.75, 3.05) is 7.11 Å². The number of nitriles is 1. The Labute approximate surface area is 180 Å². The van der Waals surface area contributed by atoms with E-state index >= 15 is 0 Å². The molecule has 0 aliphatic heterocycles. The lowest BCUT2D eigenvalue weighted by atomic mass is 9.92. The number of rotatable bonds is 1. The van der Waals surface area contributed by atoms with Crippen LogP contribution in [0.15, 0.2) is 66.7 Å². The molecule has 0 spiro atoms. The average Bonchev–Trinajstić information content (AvgIpc) is 2.82. The lowest BCUT2D eigenvalue weighted by Gasteiger charge is -2.13. The Balaban J connectivity index is 1.79. The number of carbonyl (C=O) groups is 1. The van der Waals surface area contributed by atoms with Gasteiger partial charge in [-0.2, -0.15) is 5.26 Å². The first-order valence-corrected chi connectivity index (χ1v) is 10.3. The van der Waals surface area contributed by atoms with Gasteiger partial charge in [0.15, 0.2) is 5.78 Å². The summed E-state index contributed by atoms with van der Waals surface area (Å²) in [7, 11) is 1.61. The Morgan fingerprint density at radius 1 is 0.935 bits per heavy atom. The van der Waals surface area contributed by atoms with Gasteiger partial charge in [-0.15, -0.1) is 0 Å². The Bertz CT molecular complexity index is 1380. The van der Waals surface area contributed by atoms with E-state index < -0.39 is 0 Å². The van der Waals surface area contributed by atoms with Crippen molar-refractivity contribution in [1.29, 1.82) is 5.26 Å². The molecule has 1 aliphatic carbocycles. The number of ketones is 1. The van der Waals surface area contributed by atoms with Gasteiger partial charge in [-0.25, -0.2) is 4.98 Å². The second-order valence-electron chi connectivity index (χ2n) is 7.81. The van der Waals surface area contributed by atoms with Crippen LogP contribution in [0.1, 0.15) is 39.0 Å². The second-order valence-corrected chi connectivity index (χ2v) is 7.81. The van der Waals surface area contributed by atoms with Crippen LogP contribution in [0.25, 0.3) is 22.0 Å². The summed E-state index contributed by atoms with van der Waals surface area (Å²) in [4.78, 5) is 17.9. The molecule has 3 aromatic carbocycles. The summed E-state index contributed by atoms with van der Waals surface area (Å²) >= 11 is 0. The normalized spacial score (nSPS) is 13.0. The summed E-state index contributed by atoms with van der Waals surface area (Å²) in [5.74, 6) is 0.491. The molecule has 4 nitrogen and oxygen atoms in total. The number of hydrogen-bond acceptors (Lipinski definition) is 4. The predicted octanol–water partition coefficient (Wildman–Crippen LogP) is 5.50. The van der Waals surface area contributed by atoms with Crippen molar-refractivity contribution in [2.24, 2.45) is 0 Å². The third kappa shape index (κ3) is 3.45. The van der Waals surface area contributed by atoms with E-state index in [9.17, 15) is 10.1 Å². The molecular weight excluding hydrogens is 384 g/mol. The van der Waals surface area contributed by atoms with Gasteiger partial charge in [0.25, 0.3) is 0 Å². The molecule has 4 aromatic rings. The zero-order valence-electron chi connectivity index (χ0n) is 17.2. The van der Waals surface area contributed by atoms with Crippen LogP contribution in [-0.2, 0) is 12.8 Å². The van der Waals surface area contributed by atoms with E-state index in [-0.39, 0.29) is 5.78 Å². The van der Waals surface area contributed by atoms with Crippen LogP contribution in [0.3, 0.4) is 0 Å². The number of aromatic nitrogens is 1. The van der Waals surface area contributed by atoms with Gasteiger partial charge in [-0.1, -0.05) is 24.3 Å². The number of benzene rings is 3. The Hall–Kier alpha value is -3.97. The molecule has 0 radical (unpaired) electrons. The molecule has 1 aliphatic rings. The van der Waals surface area contributed by atoms with E-state index in [2.05, 4.69) is 35.3 Å². The van der Waals surface area contributed by atoms with E-state index in [4.69, 9.17) is 4.74 Å². The molecule has 1 aromatic heterocycles. The van der Waals surface area contributed by atoms with Crippen molar-refractivity contribution in [3.63, 3.8) is 0 Å². The van der Waals surface area contributed by atoms with E-state index in [0.29, 0.717) is 22.6 Å². The van der Waals surface area contributed by atoms with Crippen molar-refractivity contribution >= 4 is 16.7 Å². The van der Waals surface area contributed by atoms with Crippen LogP contribution in [-0.4, -0.2) is 17.9 Å². The predicted molar refractivity (Wildman–Crippen MR) is 120 cm³/mol. The van der Waals surface area contributed by atoms with E-state index in [0.717, 1.165) is 46.9 Å². The topological polar surface area (TPSA) is 63.0 Å². The molecule has 6 bridgehead atoms. The molecule has 0 atom stereocenters. The lowest BCUT2D eigenvalue weighted by Crippen LogP contribution is -2.05. The van der Waals surface area contributed by atoms with Gasteiger partial charge < -0.3 is 4.74 Å². The smallest absolute Gasteiger partial charge is 0.214 e. The highest BCUT2D eigenvalue weighted by Gasteiger charge is 2.16. The standard InChI is InChI=1S/C27H20N2O2/c1-31-26-15-23-19-7-3-5-17(12-19)4-2-6-18-13-20(8-9-22(18)16-28)27(30)21-10-11-25(29-26)24(23)14-21/h3,5,7-15H,2,4,6H2,1H3. The van der Waals surface area contributed by atoms with Crippen LogP contribution < -0.4 is 4.74 Å². The van der Waals surface area contributed by atoms with Crippen molar-refractivity contribution < 1.29 is 9.53 Å². The summed E-state index contributed by atoms with van der Waals surface area (Å²) in [6, 6.07) is 23.6. The minimum atomic E-state index is -0.0554. The first kappa shape index (κ1) is 19.0. The van der Waals surface area contributed by atoms with Crippen LogP contribution in [0.2, 0.25) is 0 Å². The molecular formula is C27H20N2O2. The summed E-state index contributed by atoms with van der Waals surface area (Å²) < 4.78 is 5.43. The Morgan fingerprint density at radius 2 is 1.77 bits per heavy atom. The third-order valence-electron chi connectivity index (χ3n) is 5.89. The van der Waals surface area contributed by atoms with Gasteiger partial charge in [0.05, 0.1) is 24.3 Å². The lowest BCUT2D eigenvalue weighted by molar-refractivity contribution is 0.103. The molecule has 0 unspecified atom stereocenters. The molecule has 1 heterocycles. The highest BCUT2D eigenvalue weighted by molar-refractivity contribution is 6.11. The number of ether oxygens (including phenoxy) is 1. The van der Waals surface area contributed by atoms with Gasteiger partial charge in [0.1, 0.15) is 0 Å². The van der Waals surface area contributed by atoms with Gasteiger partial charge in [0.2, 0.25) is 5.88 Å². The van der Waals surface area contributed by atoms with Gasteiger partial charge in [-0.3, -0.25) is 4.79 Å². The minimum Gasteiger partial charge on any atom is -0.481 e. The van der Waals surface area contributed by atoms with E-state index in [1.165, 1.54) is 5.56 Å². The minimum absolute atomic E-state index is 0.0554. The number of fused-ring (bicyclic) bond motifs is 6. The highest BCUT2D eigenvalue weighted by Crippen LogP contribution is 2.33. The monoisotopic (exact) mass is 404 g/mol. The van der Waals surface area contributed by atoms with Crippen LogP contribution in [0.4, 0.5) is 0 Å².